The summed E-state index contributed by atoms with van der Waals surface area (Å²) in [6.07, 6.45) is 1.23. The van der Waals surface area contributed by atoms with Crippen molar-refractivity contribution in [3.8, 4) is 0 Å². The van der Waals surface area contributed by atoms with Crippen molar-refractivity contribution >= 4 is 23.5 Å². The van der Waals surface area contributed by atoms with E-state index >= 15 is 0 Å². The Bertz CT molecular complexity index is 746. The van der Waals surface area contributed by atoms with Gasteiger partial charge < -0.3 is 10.4 Å². The Hall–Kier alpha value is -2.40. The van der Waals surface area contributed by atoms with Crippen LogP contribution in [0.3, 0.4) is 0 Å². The molecule has 0 saturated heterocycles. The Kier molecular flexibility index (Phi) is 5.34. The van der Waals surface area contributed by atoms with Gasteiger partial charge in [0.25, 0.3) is 5.91 Å². The van der Waals surface area contributed by atoms with Gasteiger partial charge in [-0.25, -0.2) is 0 Å². The second-order valence-electron chi connectivity index (χ2n) is 5.29. The minimum absolute atomic E-state index is 0.256. The van der Waals surface area contributed by atoms with Crippen LogP contribution in [0.2, 0.25) is 5.02 Å². The molecule has 0 spiro atoms. The zero-order chi connectivity index (χ0) is 17.0. The van der Waals surface area contributed by atoms with Crippen LogP contribution in [0.25, 0.3) is 0 Å². The van der Waals surface area contributed by atoms with Gasteiger partial charge in [-0.1, -0.05) is 29.8 Å². The number of nitrogens with one attached hydrogen (secondary N) is 1. The number of aryl methyl sites for hydroxylation is 2. The lowest BCUT2D eigenvalue weighted by atomic mass is 10.0. The number of hydrogen-bond acceptors (Lipinski definition) is 3. The van der Waals surface area contributed by atoms with Gasteiger partial charge in [0.05, 0.1) is 18.0 Å². The van der Waals surface area contributed by atoms with E-state index in [0.717, 1.165) is 11.3 Å². The van der Waals surface area contributed by atoms with Crippen molar-refractivity contribution in [2.24, 2.45) is 0 Å². The van der Waals surface area contributed by atoms with Crippen molar-refractivity contribution in [3.63, 3.8) is 0 Å². The van der Waals surface area contributed by atoms with Gasteiger partial charge in [0.1, 0.15) is 0 Å². The lowest BCUT2D eigenvalue weighted by Gasteiger charge is -2.19. The molecule has 0 aliphatic carbocycles. The highest BCUT2D eigenvalue weighted by atomic mass is 35.5. The van der Waals surface area contributed by atoms with Gasteiger partial charge in [-0.15, -0.1) is 0 Å². The van der Waals surface area contributed by atoms with Crippen LogP contribution in [0, 0.1) is 13.8 Å². The molecule has 6 heteroatoms. The first-order valence-corrected chi connectivity index (χ1v) is 7.46. The molecule has 1 aromatic heterocycles. The fourth-order valence-corrected chi connectivity index (χ4v) is 2.61. The van der Waals surface area contributed by atoms with Gasteiger partial charge in [-0.3, -0.25) is 14.6 Å². The highest BCUT2D eigenvalue weighted by Gasteiger charge is 2.21. The standard InChI is InChI=1S/C17H17ClN2O3/c1-10-7-11(2)19-9-13(10)17(23)20-15(8-16(21)22)12-5-3-4-6-14(12)18/h3-7,9,15H,8H2,1-2H3,(H,20,23)(H,21,22)/t15-/m1/s1. The summed E-state index contributed by atoms with van der Waals surface area (Å²) in [5.41, 5.74) is 2.58. The molecule has 0 radical (unpaired) electrons. The number of carboxylic acid groups (broad SMARTS) is 1. The maximum atomic E-state index is 12.5. The van der Waals surface area contributed by atoms with Crippen LogP contribution in [0.1, 0.15) is 39.6 Å². The number of aromatic nitrogens is 1. The lowest BCUT2D eigenvalue weighted by molar-refractivity contribution is -0.137. The zero-order valence-corrected chi connectivity index (χ0v) is 13.6. The zero-order valence-electron chi connectivity index (χ0n) is 12.8. The Morgan fingerprint density at radius 1 is 1.30 bits per heavy atom. The van der Waals surface area contributed by atoms with Gasteiger partial charge in [-0.2, -0.15) is 0 Å². The van der Waals surface area contributed by atoms with Gasteiger partial charge in [-0.05, 0) is 37.1 Å². The van der Waals surface area contributed by atoms with Crippen LogP contribution >= 0.6 is 11.6 Å². The highest BCUT2D eigenvalue weighted by Crippen LogP contribution is 2.25. The molecule has 1 amide bonds. The van der Waals surface area contributed by atoms with Crippen molar-refractivity contribution in [2.75, 3.05) is 0 Å². The van der Waals surface area contributed by atoms with E-state index in [9.17, 15) is 9.59 Å². The number of rotatable bonds is 5. The summed E-state index contributed by atoms with van der Waals surface area (Å²) in [4.78, 5) is 27.7. The number of carbonyl (C=O) groups excluding carboxylic acids is 1. The molecular weight excluding hydrogens is 316 g/mol. The second-order valence-corrected chi connectivity index (χ2v) is 5.69. The number of amides is 1. The molecular formula is C17H17ClN2O3. The maximum absolute atomic E-state index is 12.5. The Labute approximate surface area is 139 Å². The number of halogens is 1. The average Bonchev–Trinajstić information content (AvgIpc) is 2.46. The first-order chi connectivity index (χ1) is 10.9. The second kappa shape index (κ2) is 7.24. The highest BCUT2D eigenvalue weighted by molar-refractivity contribution is 6.31. The van der Waals surface area contributed by atoms with Crippen LogP contribution in [-0.2, 0) is 4.79 Å². The van der Waals surface area contributed by atoms with Crippen molar-refractivity contribution in [1.29, 1.82) is 0 Å². The SMILES string of the molecule is Cc1cc(C)c(C(=O)N[C@H](CC(=O)O)c2ccccc2Cl)cn1. The minimum Gasteiger partial charge on any atom is -0.481 e. The predicted molar refractivity (Wildman–Crippen MR) is 87.6 cm³/mol. The fourth-order valence-electron chi connectivity index (χ4n) is 2.34. The van der Waals surface area contributed by atoms with Crippen LogP contribution in [-0.4, -0.2) is 22.0 Å². The van der Waals surface area contributed by atoms with Crippen molar-refractivity contribution in [1.82, 2.24) is 10.3 Å². The van der Waals surface area contributed by atoms with Crippen LogP contribution < -0.4 is 5.32 Å². The normalized spacial score (nSPS) is 11.8. The first-order valence-electron chi connectivity index (χ1n) is 7.09. The summed E-state index contributed by atoms with van der Waals surface area (Å²) in [7, 11) is 0. The molecule has 1 aromatic carbocycles. The fraction of sp³-hybridized carbons (Fsp3) is 0.235. The molecule has 5 nitrogen and oxygen atoms in total. The monoisotopic (exact) mass is 332 g/mol. The summed E-state index contributed by atoms with van der Waals surface area (Å²) < 4.78 is 0. The first kappa shape index (κ1) is 17.0. The number of aliphatic carboxylic acids is 1. The molecule has 0 bridgehead atoms. The molecule has 0 saturated carbocycles. The summed E-state index contributed by atoms with van der Waals surface area (Å²) in [5.74, 6) is -1.39. The third-order valence-electron chi connectivity index (χ3n) is 3.46. The largest absolute Gasteiger partial charge is 0.481 e. The number of pyridine rings is 1. The molecule has 2 N–H and O–H groups in total. The Balaban J connectivity index is 2.29. The molecule has 0 aliphatic heterocycles. The number of carboxylic acids is 1. The summed E-state index contributed by atoms with van der Waals surface area (Å²) in [5, 5.41) is 12.3. The molecule has 23 heavy (non-hydrogen) atoms. The number of benzene rings is 1. The van der Waals surface area contributed by atoms with Crippen LogP contribution in [0.4, 0.5) is 0 Å². The summed E-state index contributed by atoms with van der Waals surface area (Å²) in [6.45, 7) is 3.65. The van der Waals surface area contributed by atoms with Crippen LogP contribution in [0.15, 0.2) is 36.5 Å². The van der Waals surface area contributed by atoms with Crippen molar-refractivity contribution in [2.45, 2.75) is 26.3 Å². The van der Waals surface area contributed by atoms with Crippen molar-refractivity contribution < 1.29 is 14.7 Å². The number of hydrogen-bond donors (Lipinski definition) is 2. The quantitative estimate of drug-likeness (QED) is 0.880. The summed E-state index contributed by atoms with van der Waals surface area (Å²) in [6, 6.07) is 7.96. The maximum Gasteiger partial charge on any atom is 0.305 e. The van der Waals surface area contributed by atoms with E-state index in [4.69, 9.17) is 16.7 Å². The molecule has 0 unspecified atom stereocenters. The van der Waals surface area contributed by atoms with Gasteiger partial charge in [0.2, 0.25) is 0 Å². The number of nitrogens with zero attached hydrogens (tertiary/aromatic N) is 1. The van der Waals surface area contributed by atoms with Crippen molar-refractivity contribution in [3.05, 3.63) is 63.9 Å². The van der Waals surface area contributed by atoms with E-state index in [-0.39, 0.29) is 12.3 Å². The average molecular weight is 333 g/mol. The van der Waals surface area contributed by atoms with Crippen LogP contribution in [0.5, 0.6) is 0 Å². The lowest BCUT2D eigenvalue weighted by Crippen LogP contribution is -2.31. The molecule has 2 aromatic rings. The molecule has 120 valence electrons. The number of carbonyl (C=O) groups is 2. The van der Waals surface area contributed by atoms with E-state index in [0.29, 0.717) is 16.1 Å². The van der Waals surface area contributed by atoms with E-state index in [2.05, 4.69) is 10.3 Å². The van der Waals surface area contributed by atoms with E-state index in [1.54, 1.807) is 30.3 Å². The van der Waals surface area contributed by atoms with E-state index in [1.165, 1.54) is 6.20 Å². The topological polar surface area (TPSA) is 79.3 Å². The van der Waals surface area contributed by atoms with Gasteiger partial charge in [0.15, 0.2) is 0 Å². The smallest absolute Gasteiger partial charge is 0.305 e. The van der Waals surface area contributed by atoms with E-state index < -0.39 is 12.0 Å². The minimum atomic E-state index is -1.02. The third kappa shape index (κ3) is 4.29. The summed E-state index contributed by atoms with van der Waals surface area (Å²) >= 11 is 6.13. The Morgan fingerprint density at radius 3 is 2.61 bits per heavy atom. The molecule has 0 aliphatic rings. The third-order valence-corrected chi connectivity index (χ3v) is 3.80. The Morgan fingerprint density at radius 2 is 2.00 bits per heavy atom. The molecule has 2 rings (SSSR count). The molecule has 1 heterocycles. The van der Waals surface area contributed by atoms with E-state index in [1.807, 2.05) is 13.8 Å². The molecule has 1 atom stereocenters. The predicted octanol–water partition coefficient (Wildman–Crippen LogP) is 3.30. The van der Waals surface area contributed by atoms with Gasteiger partial charge in [0, 0.05) is 16.9 Å². The van der Waals surface area contributed by atoms with Gasteiger partial charge >= 0.3 is 5.97 Å². The molecule has 0 fully saturated rings.